The maximum absolute atomic E-state index is 11.2. The monoisotopic (exact) mass is 202 g/mol. The molecular formula is C10H22N2O2. The molecule has 0 rings (SSSR count). The molecule has 1 atom stereocenters. The average Bonchev–Trinajstić information content (AvgIpc) is 2.11. The van der Waals surface area contributed by atoms with Crippen molar-refractivity contribution in [3.63, 3.8) is 0 Å². The number of amides is 1. The summed E-state index contributed by atoms with van der Waals surface area (Å²) in [4.78, 5) is 11.2. The highest BCUT2D eigenvalue weighted by Crippen LogP contribution is 2.05. The van der Waals surface area contributed by atoms with E-state index in [1.165, 1.54) is 0 Å². The first-order valence-electron chi connectivity index (χ1n) is 5.10. The number of nitrogens with one attached hydrogen (secondary N) is 2. The maximum atomic E-state index is 11.2. The van der Waals surface area contributed by atoms with Crippen LogP contribution in [0.2, 0.25) is 0 Å². The maximum Gasteiger partial charge on any atom is 0.234 e. The minimum atomic E-state index is -0.798. The smallest absolute Gasteiger partial charge is 0.234 e. The van der Waals surface area contributed by atoms with Gasteiger partial charge in [-0.25, -0.2) is 0 Å². The minimum absolute atomic E-state index is 0.0765. The summed E-state index contributed by atoms with van der Waals surface area (Å²) < 4.78 is 0. The van der Waals surface area contributed by atoms with Gasteiger partial charge in [-0.2, -0.15) is 0 Å². The van der Waals surface area contributed by atoms with Crippen molar-refractivity contribution in [1.29, 1.82) is 0 Å². The van der Waals surface area contributed by atoms with Crippen LogP contribution in [-0.2, 0) is 4.79 Å². The fourth-order valence-electron chi connectivity index (χ4n) is 0.773. The van der Waals surface area contributed by atoms with Gasteiger partial charge in [-0.15, -0.1) is 0 Å². The standard InChI is InChI=1S/C10H22N2O2/c1-5-10(4,14)7-12-9(13)6-11-8(2)3/h8,11,14H,5-7H2,1-4H3,(H,12,13). The van der Waals surface area contributed by atoms with Crippen molar-refractivity contribution < 1.29 is 9.90 Å². The zero-order chi connectivity index (χ0) is 11.2. The lowest BCUT2D eigenvalue weighted by Crippen LogP contribution is -2.44. The van der Waals surface area contributed by atoms with Crippen LogP contribution in [0.25, 0.3) is 0 Å². The summed E-state index contributed by atoms with van der Waals surface area (Å²) in [5.74, 6) is -0.0765. The van der Waals surface area contributed by atoms with Gasteiger partial charge >= 0.3 is 0 Å². The summed E-state index contributed by atoms with van der Waals surface area (Å²) in [6, 6.07) is 0.299. The van der Waals surface area contributed by atoms with Gasteiger partial charge in [-0.3, -0.25) is 4.79 Å². The van der Waals surface area contributed by atoms with E-state index in [4.69, 9.17) is 0 Å². The summed E-state index contributed by atoms with van der Waals surface area (Å²) in [6.07, 6.45) is 0.630. The Balaban J connectivity index is 3.64. The molecule has 0 heterocycles. The molecule has 0 aliphatic rings. The van der Waals surface area contributed by atoms with Crippen molar-refractivity contribution in [2.45, 2.75) is 45.8 Å². The fraction of sp³-hybridized carbons (Fsp3) is 0.900. The van der Waals surface area contributed by atoms with Crippen molar-refractivity contribution in [2.75, 3.05) is 13.1 Å². The van der Waals surface area contributed by atoms with E-state index in [1.54, 1.807) is 6.92 Å². The molecule has 0 fully saturated rings. The van der Waals surface area contributed by atoms with Gasteiger partial charge in [0.2, 0.25) is 5.91 Å². The first-order chi connectivity index (χ1) is 6.37. The third-order valence-electron chi connectivity index (χ3n) is 2.10. The molecular weight excluding hydrogens is 180 g/mol. The van der Waals surface area contributed by atoms with Crippen LogP contribution in [0.1, 0.15) is 34.1 Å². The van der Waals surface area contributed by atoms with E-state index in [1.807, 2.05) is 20.8 Å². The Morgan fingerprint density at radius 2 is 2.07 bits per heavy atom. The zero-order valence-corrected chi connectivity index (χ0v) is 9.55. The van der Waals surface area contributed by atoms with Crippen LogP contribution in [0.5, 0.6) is 0 Å². The molecule has 0 saturated heterocycles. The van der Waals surface area contributed by atoms with Crippen LogP contribution in [-0.4, -0.2) is 35.7 Å². The van der Waals surface area contributed by atoms with Gasteiger partial charge in [0.25, 0.3) is 0 Å². The van der Waals surface area contributed by atoms with Crippen LogP contribution in [0.4, 0.5) is 0 Å². The number of hydrogen-bond donors (Lipinski definition) is 3. The Morgan fingerprint density at radius 3 is 2.50 bits per heavy atom. The van der Waals surface area contributed by atoms with E-state index >= 15 is 0 Å². The normalized spacial score (nSPS) is 15.3. The highest BCUT2D eigenvalue weighted by molar-refractivity contribution is 5.78. The molecule has 3 N–H and O–H groups in total. The summed E-state index contributed by atoms with van der Waals surface area (Å²) in [7, 11) is 0. The van der Waals surface area contributed by atoms with Crippen LogP contribution in [0.15, 0.2) is 0 Å². The Hall–Kier alpha value is -0.610. The van der Waals surface area contributed by atoms with Gasteiger partial charge < -0.3 is 15.7 Å². The SMILES string of the molecule is CCC(C)(O)CNC(=O)CNC(C)C. The molecule has 0 saturated carbocycles. The lowest BCUT2D eigenvalue weighted by molar-refractivity contribution is -0.121. The largest absolute Gasteiger partial charge is 0.388 e. The highest BCUT2D eigenvalue weighted by atomic mass is 16.3. The van der Waals surface area contributed by atoms with Gasteiger partial charge in [0, 0.05) is 12.6 Å². The Kier molecular flexibility index (Phi) is 5.72. The molecule has 0 aliphatic heterocycles. The predicted molar refractivity (Wildman–Crippen MR) is 57.1 cm³/mol. The second-order valence-electron chi connectivity index (χ2n) is 4.16. The third kappa shape index (κ3) is 6.86. The van der Waals surface area contributed by atoms with Gasteiger partial charge in [0.05, 0.1) is 12.1 Å². The topological polar surface area (TPSA) is 61.4 Å². The zero-order valence-electron chi connectivity index (χ0n) is 9.55. The molecule has 4 nitrogen and oxygen atoms in total. The first-order valence-corrected chi connectivity index (χ1v) is 5.10. The molecule has 0 radical (unpaired) electrons. The number of carbonyl (C=O) groups excluding carboxylic acids is 1. The molecule has 14 heavy (non-hydrogen) atoms. The summed E-state index contributed by atoms with van der Waals surface area (Å²) in [5, 5.41) is 15.3. The Morgan fingerprint density at radius 1 is 1.50 bits per heavy atom. The van der Waals surface area contributed by atoms with Crippen molar-refractivity contribution in [1.82, 2.24) is 10.6 Å². The number of carbonyl (C=O) groups is 1. The molecule has 0 spiro atoms. The summed E-state index contributed by atoms with van der Waals surface area (Å²) in [5.41, 5.74) is -0.798. The minimum Gasteiger partial charge on any atom is -0.388 e. The quantitative estimate of drug-likeness (QED) is 0.579. The first kappa shape index (κ1) is 13.4. The summed E-state index contributed by atoms with van der Waals surface area (Å²) in [6.45, 7) is 8.17. The molecule has 1 amide bonds. The van der Waals surface area contributed by atoms with Gasteiger partial charge in [0.1, 0.15) is 0 Å². The Bertz CT molecular complexity index is 179. The lowest BCUT2D eigenvalue weighted by Gasteiger charge is -2.21. The highest BCUT2D eigenvalue weighted by Gasteiger charge is 2.17. The molecule has 0 aromatic carbocycles. The van der Waals surface area contributed by atoms with E-state index in [0.29, 0.717) is 25.6 Å². The number of hydrogen-bond acceptors (Lipinski definition) is 3. The second-order valence-corrected chi connectivity index (χ2v) is 4.16. The second kappa shape index (κ2) is 5.98. The molecule has 0 bridgehead atoms. The summed E-state index contributed by atoms with van der Waals surface area (Å²) >= 11 is 0. The molecule has 0 aromatic heterocycles. The average molecular weight is 202 g/mol. The van der Waals surface area contributed by atoms with Crippen LogP contribution >= 0.6 is 0 Å². The van der Waals surface area contributed by atoms with Crippen molar-refractivity contribution in [3.8, 4) is 0 Å². The predicted octanol–water partition coefficient (Wildman–Crippen LogP) is 0.262. The van der Waals surface area contributed by atoms with Gasteiger partial charge in [-0.1, -0.05) is 20.8 Å². The van der Waals surface area contributed by atoms with Crippen LogP contribution in [0.3, 0.4) is 0 Å². The number of rotatable bonds is 6. The molecule has 1 unspecified atom stereocenters. The van der Waals surface area contributed by atoms with Crippen molar-refractivity contribution >= 4 is 5.91 Å². The molecule has 0 aromatic rings. The Labute approximate surface area is 86.1 Å². The molecule has 84 valence electrons. The molecule has 0 aliphatic carbocycles. The van der Waals surface area contributed by atoms with E-state index in [0.717, 1.165) is 0 Å². The van der Waals surface area contributed by atoms with Gasteiger partial charge in [0.15, 0.2) is 0 Å². The van der Waals surface area contributed by atoms with Crippen molar-refractivity contribution in [3.05, 3.63) is 0 Å². The van der Waals surface area contributed by atoms with E-state index < -0.39 is 5.60 Å². The van der Waals surface area contributed by atoms with Gasteiger partial charge in [-0.05, 0) is 13.3 Å². The van der Waals surface area contributed by atoms with E-state index in [-0.39, 0.29) is 5.91 Å². The van der Waals surface area contributed by atoms with Crippen LogP contribution < -0.4 is 10.6 Å². The number of aliphatic hydroxyl groups is 1. The van der Waals surface area contributed by atoms with E-state index in [9.17, 15) is 9.90 Å². The fourth-order valence-corrected chi connectivity index (χ4v) is 0.773. The van der Waals surface area contributed by atoms with E-state index in [2.05, 4.69) is 10.6 Å². The van der Waals surface area contributed by atoms with Crippen molar-refractivity contribution in [2.24, 2.45) is 0 Å². The molecule has 4 heteroatoms. The third-order valence-corrected chi connectivity index (χ3v) is 2.10. The van der Waals surface area contributed by atoms with Crippen LogP contribution in [0, 0.1) is 0 Å². The lowest BCUT2D eigenvalue weighted by atomic mass is 10.0.